The first-order valence-electron chi connectivity index (χ1n) is 5.46. The number of amides is 1. The lowest BCUT2D eigenvalue weighted by atomic mass is 10.0. The van der Waals surface area contributed by atoms with Gasteiger partial charge in [0, 0.05) is 6.04 Å². The standard InChI is InChI=1S/C11H20N2O3/c1-10(2,3)16-9(15)11(4,12)8(14)13-7-5-6-7/h7H,5-6,12H2,1-4H3,(H,13,14)/t11-/m1/s1. The van der Waals surface area contributed by atoms with Crippen molar-refractivity contribution in [2.75, 3.05) is 0 Å². The van der Waals surface area contributed by atoms with E-state index < -0.39 is 23.0 Å². The summed E-state index contributed by atoms with van der Waals surface area (Å²) in [7, 11) is 0. The number of carbonyl (C=O) groups is 2. The summed E-state index contributed by atoms with van der Waals surface area (Å²) < 4.78 is 5.10. The van der Waals surface area contributed by atoms with Crippen LogP contribution < -0.4 is 11.1 Å². The first-order valence-corrected chi connectivity index (χ1v) is 5.46. The molecule has 1 saturated carbocycles. The van der Waals surface area contributed by atoms with Gasteiger partial charge in [0.15, 0.2) is 5.54 Å². The van der Waals surface area contributed by atoms with Gasteiger partial charge in [0.2, 0.25) is 0 Å². The second kappa shape index (κ2) is 4.05. The Kier molecular flexibility index (Phi) is 3.28. The molecule has 1 aliphatic rings. The Morgan fingerprint density at radius 1 is 1.25 bits per heavy atom. The summed E-state index contributed by atoms with van der Waals surface area (Å²) in [5.74, 6) is -1.16. The molecule has 0 aromatic heterocycles. The molecule has 0 unspecified atom stereocenters. The Labute approximate surface area is 95.7 Å². The third kappa shape index (κ3) is 3.48. The van der Waals surface area contributed by atoms with Crippen LogP contribution in [0, 0.1) is 0 Å². The molecule has 0 aromatic carbocycles. The van der Waals surface area contributed by atoms with E-state index >= 15 is 0 Å². The van der Waals surface area contributed by atoms with E-state index in [2.05, 4.69) is 5.32 Å². The number of nitrogens with one attached hydrogen (secondary N) is 1. The smallest absolute Gasteiger partial charge is 0.336 e. The van der Waals surface area contributed by atoms with E-state index in [0.717, 1.165) is 12.8 Å². The Hall–Kier alpha value is -1.10. The van der Waals surface area contributed by atoms with Gasteiger partial charge in [-0.05, 0) is 40.5 Å². The van der Waals surface area contributed by atoms with Crippen molar-refractivity contribution in [3.8, 4) is 0 Å². The van der Waals surface area contributed by atoms with Crippen molar-refractivity contribution in [3.05, 3.63) is 0 Å². The lowest BCUT2D eigenvalue weighted by molar-refractivity contribution is -0.163. The summed E-state index contributed by atoms with van der Waals surface area (Å²) >= 11 is 0. The number of hydrogen-bond acceptors (Lipinski definition) is 4. The Balaban J connectivity index is 2.59. The minimum atomic E-state index is -1.62. The molecule has 5 nitrogen and oxygen atoms in total. The number of esters is 1. The van der Waals surface area contributed by atoms with Crippen LogP contribution in [0.3, 0.4) is 0 Å². The molecule has 1 atom stereocenters. The maximum Gasteiger partial charge on any atom is 0.336 e. The molecule has 0 aromatic rings. The normalized spacial score (nSPS) is 19.8. The molecule has 16 heavy (non-hydrogen) atoms. The number of hydrogen-bond donors (Lipinski definition) is 2. The molecule has 1 rings (SSSR count). The van der Waals surface area contributed by atoms with Gasteiger partial charge in [0.05, 0.1) is 0 Å². The molecule has 0 radical (unpaired) electrons. The van der Waals surface area contributed by atoms with Crippen molar-refractivity contribution in [3.63, 3.8) is 0 Å². The molecule has 5 heteroatoms. The van der Waals surface area contributed by atoms with Gasteiger partial charge < -0.3 is 15.8 Å². The summed E-state index contributed by atoms with van der Waals surface area (Å²) in [6.07, 6.45) is 1.91. The summed E-state index contributed by atoms with van der Waals surface area (Å²) in [5, 5.41) is 2.70. The van der Waals surface area contributed by atoms with E-state index in [1.165, 1.54) is 6.92 Å². The quantitative estimate of drug-likeness (QED) is 0.538. The molecule has 0 bridgehead atoms. The van der Waals surface area contributed by atoms with Crippen LogP contribution in [0.2, 0.25) is 0 Å². The van der Waals surface area contributed by atoms with Gasteiger partial charge in [-0.2, -0.15) is 0 Å². The Morgan fingerprint density at radius 3 is 2.12 bits per heavy atom. The van der Waals surface area contributed by atoms with Crippen LogP contribution in [0.15, 0.2) is 0 Å². The number of rotatable bonds is 3. The monoisotopic (exact) mass is 228 g/mol. The highest BCUT2D eigenvalue weighted by molar-refractivity contribution is 6.06. The molecule has 3 N–H and O–H groups in total. The molecule has 0 aliphatic heterocycles. The van der Waals surface area contributed by atoms with Gasteiger partial charge in [-0.3, -0.25) is 4.79 Å². The first kappa shape index (κ1) is 13.0. The fourth-order valence-electron chi connectivity index (χ4n) is 1.04. The maximum absolute atomic E-state index is 11.7. The molecule has 92 valence electrons. The molecular formula is C11H20N2O3. The zero-order valence-corrected chi connectivity index (χ0v) is 10.3. The fraction of sp³-hybridized carbons (Fsp3) is 0.818. The molecule has 0 heterocycles. The molecule has 1 amide bonds. The maximum atomic E-state index is 11.7. The minimum Gasteiger partial charge on any atom is -0.458 e. The topological polar surface area (TPSA) is 81.4 Å². The van der Waals surface area contributed by atoms with Gasteiger partial charge in [-0.15, -0.1) is 0 Å². The summed E-state index contributed by atoms with van der Waals surface area (Å²) in [4.78, 5) is 23.4. The van der Waals surface area contributed by atoms with Crippen molar-refractivity contribution in [2.45, 2.75) is 57.7 Å². The number of carbonyl (C=O) groups excluding carboxylic acids is 2. The van der Waals surface area contributed by atoms with Crippen molar-refractivity contribution < 1.29 is 14.3 Å². The highest BCUT2D eigenvalue weighted by atomic mass is 16.6. The van der Waals surface area contributed by atoms with Crippen LogP contribution in [0.4, 0.5) is 0 Å². The van der Waals surface area contributed by atoms with E-state index in [4.69, 9.17) is 10.5 Å². The third-order valence-electron chi connectivity index (χ3n) is 2.21. The van der Waals surface area contributed by atoms with Crippen LogP contribution in [-0.2, 0) is 14.3 Å². The SMILES string of the molecule is CC(C)(C)OC(=O)[C@](C)(N)C(=O)NC1CC1. The first-order chi connectivity index (χ1) is 7.13. The molecular weight excluding hydrogens is 208 g/mol. The average molecular weight is 228 g/mol. The Bertz CT molecular complexity index is 301. The zero-order chi connectivity index (χ0) is 12.6. The lowest BCUT2D eigenvalue weighted by Gasteiger charge is -2.27. The van der Waals surface area contributed by atoms with Crippen molar-refractivity contribution >= 4 is 11.9 Å². The van der Waals surface area contributed by atoms with Crippen molar-refractivity contribution in [1.82, 2.24) is 5.32 Å². The predicted molar refractivity (Wildman–Crippen MR) is 59.6 cm³/mol. The number of ether oxygens (including phenoxy) is 1. The zero-order valence-electron chi connectivity index (χ0n) is 10.3. The third-order valence-corrected chi connectivity index (χ3v) is 2.21. The molecule has 0 saturated heterocycles. The fourth-order valence-corrected chi connectivity index (χ4v) is 1.04. The van der Waals surface area contributed by atoms with E-state index in [-0.39, 0.29) is 6.04 Å². The summed E-state index contributed by atoms with van der Waals surface area (Å²) in [6.45, 7) is 6.58. The second-order valence-electron chi connectivity index (χ2n) is 5.45. The Morgan fingerprint density at radius 2 is 1.75 bits per heavy atom. The summed E-state index contributed by atoms with van der Waals surface area (Å²) in [6, 6.07) is 0.179. The molecule has 1 aliphatic carbocycles. The van der Waals surface area contributed by atoms with Gasteiger partial charge in [0.1, 0.15) is 5.60 Å². The highest BCUT2D eigenvalue weighted by Gasteiger charge is 2.42. The average Bonchev–Trinajstić information content (AvgIpc) is 2.84. The lowest BCUT2D eigenvalue weighted by Crippen LogP contribution is -2.59. The van der Waals surface area contributed by atoms with Crippen LogP contribution in [0.5, 0.6) is 0 Å². The number of nitrogens with two attached hydrogens (primary N) is 1. The van der Waals surface area contributed by atoms with E-state index in [9.17, 15) is 9.59 Å². The van der Waals surface area contributed by atoms with E-state index in [1.54, 1.807) is 20.8 Å². The van der Waals surface area contributed by atoms with Crippen LogP contribution >= 0.6 is 0 Å². The summed E-state index contributed by atoms with van der Waals surface area (Å²) in [5.41, 5.74) is 3.44. The van der Waals surface area contributed by atoms with Crippen molar-refractivity contribution in [2.24, 2.45) is 5.73 Å². The van der Waals surface area contributed by atoms with Gasteiger partial charge in [0.25, 0.3) is 5.91 Å². The van der Waals surface area contributed by atoms with Crippen LogP contribution in [0.25, 0.3) is 0 Å². The van der Waals surface area contributed by atoms with Gasteiger partial charge >= 0.3 is 5.97 Å². The van der Waals surface area contributed by atoms with E-state index in [1.807, 2.05) is 0 Å². The second-order valence-corrected chi connectivity index (χ2v) is 5.45. The molecule has 1 fully saturated rings. The highest BCUT2D eigenvalue weighted by Crippen LogP contribution is 2.20. The van der Waals surface area contributed by atoms with E-state index in [0.29, 0.717) is 0 Å². The largest absolute Gasteiger partial charge is 0.458 e. The minimum absolute atomic E-state index is 0.179. The van der Waals surface area contributed by atoms with Gasteiger partial charge in [-0.1, -0.05) is 0 Å². The van der Waals surface area contributed by atoms with Crippen LogP contribution in [0.1, 0.15) is 40.5 Å². The van der Waals surface area contributed by atoms with Crippen LogP contribution in [-0.4, -0.2) is 29.1 Å². The van der Waals surface area contributed by atoms with Crippen molar-refractivity contribution in [1.29, 1.82) is 0 Å². The van der Waals surface area contributed by atoms with Gasteiger partial charge in [-0.25, -0.2) is 4.79 Å². The molecule has 0 spiro atoms. The predicted octanol–water partition coefficient (Wildman–Crippen LogP) is 0.324.